The molecule has 0 atom stereocenters. The second kappa shape index (κ2) is 11.9. The fraction of sp³-hybridized carbons (Fsp3) is 0.667. The number of guanidine groups is 1. The maximum atomic E-state index is 12.6. The highest BCUT2D eigenvalue weighted by Crippen LogP contribution is 2.29. The second-order valence-corrected chi connectivity index (χ2v) is 7.65. The summed E-state index contributed by atoms with van der Waals surface area (Å²) in [4.78, 5) is 7.14. The number of benzene rings is 1. The van der Waals surface area contributed by atoms with Crippen LogP contribution in [0.15, 0.2) is 23.2 Å². The number of hydrogen-bond acceptors (Lipinski definition) is 5. The highest BCUT2D eigenvalue weighted by Gasteiger charge is 2.28. The van der Waals surface area contributed by atoms with Crippen LogP contribution in [0.5, 0.6) is 11.5 Å². The lowest BCUT2D eigenvalue weighted by Gasteiger charge is -2.39. The van der Waals surface area contributed by atoms with E-state index in [1.54, 1.807) is 12.1 Å². The molecule has 0 spiro atoms. The Morgan fingerprint density at radius 2 is 1.97 bits per heavy atom. The lowest BCUT2D eigenvalue weighted by Crippen LogP contribution is -2.52. The standard InChI is InChI=1S/C21H34F2N4O3/c1-5-24-20(26-15-21(2,3)27-10-12-29-13-11-27)25-9-8-16-6-7-17(28-4)18(14-16)30-19(22)23/h6-7,14,19H,5,8-13,15H2,1-4H3,(H2,24,25,26). The normalized spacial score (nSPS) is 15.9. The Morgan fingerprint density at radius 1 is 1.23 bits per heavy atom. The maximum absolute atomic E-state index is 12.6. The van der Waals surface area contributed by atoms with Crippen LogP contribution in [-0.4, -0.2) is 76.1 Å². The Hall–Kier alpha value is -2.13. The zero-order valence-electron chi connectivity index (χ0n) is 18.3. The number of alkyl halides is 2. The van der Waals surface area contributed by atoms with Crippen LogP contribution in [0.1, 0.15) is 26.3 Å². The van der Waals surface area contributed by atoms with Crippen molar-refractivity contribution in [3.63, 3.8) is 0 Å². The summed E-state index contributed by atoms with van der Waals surface area (Å²) in [7, 11) is 1.42. The van der Waals surface area contributed by atoms with Crippen LogP contribution < -0.4 is 20.1 Å². The van der Waals surface area contributed by atoms with Gasteiger partial charge < -0.3 is 24.8 Å². The fourth-order valence-corrected chi connectivity index (χ4v) is 3.27. The van der Waals surface area contributed by atoms with Crippen molar-refractivity contribution in [2.24, 2.45) is 4.99 Å². The molecule has 170 valence electrons. The molecular formula is C21H34F2N4O3. The Balaban J connectivity index is 1.93. The van der Waals surface area contributed by atoms with Gasteiger partial charge in [0.05, 0.1) is 26.9 Å². The molecule has 1 fully saturated rings. The molecule has 1 aromatic carbocycles. The number of aliphatic imine (C=N–C) groups is 1. The molecule has 1 saturated heterocycles. The predicted molar refractivity (Wildman–Crippen MR) is 114 cm³/mol. The van der Waals surface area contributed by atoms with Gasteiger partial charge in [0.1, 0.15) is 0 Å². The summed E-state index contributed by atoms with van der Waals surface area (Å²) in [6, 6.07) is 5.06. The van der Waals surface area contributed by atoms with E-state index in [1.807, 2.05) is 13.0 Å². The van der Waals surface area contributed by atoms with Crippen molar-refractivity contribution >= 4 is 5.96 Å². The minimum absolute atomic E-state index is 0.0397. The topological polar surface area (TPSA) is 67.4 Å². The SMILES string of the molecule is CCNC(=NCC(C)(C)N1CCOCC1)NCCc1ccc(OC)c(OC(F)F)c1. The minimum atomic E-state index is -2.89. The van der Waals surface area contributed by atoms with Crippen LogP contribution in [0.2, 0.25) is 0 Å². The van der Waals surface area contributed by atoms with Gasteiger partial charge in [0.2, 0.25) is 0 Å². The molecule has 1 heterocycles. The summed E-state index contributed by atoms with van der Waals surface area (Å²) in [5.74, 6) is 1.06. The number of morpholine rings is 1. The average Bonchev–Trinajstić information content (AvgIpc) is 2.72. The molecule has 0 radical (unpaired) electrons. The van der Waals surface area contributed by atoms with Crippen molar-refractivity contribution in [3.8, 4) is 11.5 Å². The zero-order chi connectivity index (χ0) is 22.0. The molecule has 7 nitrogen and oxygen atoms in total. The Labute approximate surface area is 177 Å². The highest BCUT2D eigenvalue weighted by molar-refractivity contribution is 5.79. The van der Waals surface area contributed by atoms with Gasteiger partial charge in [-0.05, 0) is 44.9 Å². The Bertz CT molecular complexity index is 680. The first kappa shape index (κ1) is 24.1. The summed E-state index contributed by atoms with van der Waals surface area (Å²) in [6.07, 6.45) is 0.626. The first-order valence-electron chi connectivity index (χ1n) is 10.3. The summed E-state index contributed by atoms with van der Waals surface area (Å²) in [5, 5.41) is 6.56. The Morgan fingerprint density at radius 3 is 2.60 bits per heavy atom. The van der Waals surface area contributed by atoms with E-state index in [9.17, 15) is 8.78 Å². The third-order valence-corrected chi connectivity index (χ3v) is 4.99. The third kappa shape index (κ3) is 7.60. The first-order valence-corrected chi connectivity index (χ1v) is 10.3. The van der Waals surface area contributed by atoms with Crippen molar-refractivity contribution in [3.05, 3.63) is 23.8 Å². The van der Waals surface area contributed by atoms with Crippen molar-refractivity contribution in [2.45, 2.75) is 39.3 Å². The number of nitrogens with one attached hydrogen (secondary N) is 2. The van der Waals surface area contributed by atoms with E-state index in [1.165, 1.54) is 7.11 Å². The van der Waals surface area contributed by atoms with Gasteiger partial charge in [-0.3, -0.25) is 9.89 Å². The molecule has 0 unspecified atom stereocenters. The van der Waals surface area contributed by atoms with E-state index in [-0.39, 0.29) is 17.0 Å². The molecule has 0 amide bonds. The molecular weight excluding hydrogens is 394 g/mol. The van der Waals surface area contributed by atoms with Crippen LogP contribution in [-0.2, 0) is 11.2 Å². The third-order valence-electron chi connectivity index (χ3n) is 4.99. The fourth-order valence-electron chi connectivity index (χ4n) is 3.27. The largest absolute Gasteiger partial charge is 0.493 e. The number of halogens is 2. The lowest BCUT2D eigenvalue weighted by atomic mass is 10.0. The molecule has 1 aromatic rings. The van der Waals surface area contributed by atoms with Gasteiger partial charge in [0.25, 0.3) is 0 Å². The monoisotopic (exact) mass is 428 g/mol. The smallest absolute Gasteiger partial charge is 0.387 e. The number of methoxy groups -OCH3 is 1. The molecule has 1 aliphatic heterocycles. The quantitative estimate of drug-likeness (QED) is 0.441. The van der Waals surface area contributed by atoms with Gasteiger partial charge in [-0.15, -0.1) is 0 Å². The number of ether oxygens (including phenoxy) is 3. The van der Waals surface area contributed by atoms with Crippen molar-refractivity contribution in [2.75, 3.05) is 53.0 Å². The molecule has 1 aliphatic rings. The van der Waals surface area contributed by atoms with E-state index in [0.717, 1.165) is 44.4 Å². The molecule has 0 aliphatic carbocycles. The average molecular weight is 429 g/mol. The van der Waals surface area contributed by atoms with Crippen molar-refractivity contribution in [1.29, 1.82) is 0 Å². The molecule has 30 heavy (non-hydrogen) atoms. The van der Waals surface area contributed by atoms with E-state index in [2.05, 4.69) is 34.1 Å². The minimum Gasteiger partial charge on any atom is -0.493 e. The van der Waals surface area contributed by atoms with Crippen molar-refractivity contribution in [1.82, 2.24) is 15.5 Å². The van der Waals surface area contributed by atoms with Crippen LogP contribution in [0, 0.1) is 0 Å². The van der Waals surface area contributed by atoms with Crippen LogP contribution in [0.25, 0.3) is 0 Å². The van der Waals surface area contributed by atoms with Gasteiger partial charge in [-0.1, -0.05) is 6.07 Å². The van der Waals surface area contributed by atoms with Crippen LogP contribution in [0.4, 0.5) is 8.78 Å². The van der Waals surface area contributed by atoms with E-state index in [4.69, 9.17) is 14.5 Å². The lowest BCUT2D eigenvalue weighted by molar-refractivity contribution is -0.0512. The van der Waals surface area contributed by atoms with Crippen molar-refractivity contribution < 1.29 is 23.0 Å². The summed E-state index contributed by atoms with van der Waals surface area (Å²) in [6.45, 7) is 8.83. The highest BCUT2D eigenvalue weighted by atomic mass is 19.3. The van der Waals surface area contributed by atoms with Gasteiger partial charge in [0.15, 0.2) is 17.5 Å². The second-order valence-electron chi connectivity index (χ2n) is 7.65. The Kier molecular flexibility index (Phi) is 9.58. The number of hydrogen-bond donors (Lipinski definition) is 2. The molecule has 9 heteroatoms. The van der Waals surface area contributed by atoms with Gasteiger partial charge in [-0.2, -0.15) is 8.78 Å². The van der Waals surface area contributed by atoms with Gasteiger partial charge in [0, 0.05) is 31.7 Å². The molecule has 0 aromatic heterocycles. The molecule has 2 N–H and O–H groups in total. The maximum Gasteiger partial charge on any atom is 0.387 e. The number of rotatable bonds is 10. The molecule has 0 bridgehead atoms. The summed E-state index contributed by atoms with van der Waals surface area (Å²) in [5.41, 5.74) is 0.798. The summed E-state index contributed by atoms with van der Waals surface area (Å²) >= 11 is 0. The summed E-state index contributed by atoms with van der Waals surface area (Å²) < 4.78 is 40.3. The van der Waals surface area contributed by atoms with E-state index in [0.29, 0.717) is 19.5 Å². The first-order chi connectivity index (χ1) is 14.4. The van der Waals surface area contributed by atoms with E-state index < -0.39 is 6.61 Å². The van der Waals surface area contributed by atoms with E-state index >= 15 is 0 Å². The predicted octanol–water partition coefficient (Wildman–Crippen LogP) is 2.51. The van der Waals surface area contributed by atoms with Gasteiger partial charge >= 0.3 is 6.61 Å². The number of nitrogens with zero attached hydrogens (tertiary/aromatic N) is 2. The zero-order valence-corrected chi connectivity index (χ0v) is 18.3. The van der Waals surface area contributed by atoms with Crippen LogP contribution >= 0.6 is 0 Å². The van der Waals surface area contributed by atoms with Gasteiger partial charge in [-0.25, -0.2) is 0 Å². The molecule has 0 saturated carbocycles. The van der Waals surface area contributed by atoms with Crippen LogP contribution in [0.3, 0.4) is 0 Å². The molecule has 2 rings (SSSR count).